The van der Waals surface area contributed by atoms with Gasteiger partial charge in [0.25, 0.3) is 0 Å². The van der Waals surface area contributed by atoms with Crippen molar-refractivity contribution in [2.75, 3.05) is 43.5 Å². The molecule has 3 N–H and O–H groups in total. The second-order valence-corrected chi connectivity index (χ2v) is 8.24. The van der Waals surface area contributed by atoms with E-state index in [9.17, 15) is 4.79 Å². The van der Waals surface area contributed by atoms with Crippen molar-refractivity contribution in [3.63, 3.8) is 0 Å². The number of piperidine rings is 1. The molecule has 2 aliphatic rings. The molecule has 160 valence electrons. The molecule has 0 radical (unpaired) electrons. The van der Waals surface area contributed by atoms with E-state index in [1.807, 2.05) is 0 Å². The summed E-state index contributed by atoms with van der Waals surface area (Å²) in [6.07, 6.45) is 9.01. The summed E-state index contributed by atoms with van der Waals surface area (Å²) in [5.74, 6) is 1.55. The molecule has 0 spiro atoms. The number of nitrogens with zero attached hydrogens (tertiary/aromatic N) is 3. The number of nitrogens with one attached hydrogen (secondary N) is 3. The van der Waals surface area contributed by atoms with Gasteiger partial charge in [0.2, 0.25) is 5.91 Å². The molecule has 4 heterocycles. The number of halogens is 1. The molecular weight excluding hydrogens is 404 g/mol. The Balaban J connectivity index is 1.45. The molecule has 2 saturated heterocycles. The zero-order valence-corrected chi connectivity index (χ0v) is 17.6. The minimum absolute atomic E-state index is 0.0285. The Labute approximate surface area is 181 Å². The molecule has 4 rings (SSSR count). The molecule has 0 aromatic carbocycles. The largest absolute Gasteiger partial charge is 0.381 e. The van der Waals surface area contributed by atoms with Crippen LogP contribution in [0.3, 0.4) is 0 Å². The van der Waals surface area contributed by atoms with Crippen molar-refractivity contribution in [2.45, 2.75) is 25.7 Å². The van der Waals surface area contributed by atoms with E-state index in [0.717, 1.165) is 52.0 Å². The smallest absolute Gasteiger partial charge is 0.229 e. The van der Waals surface area contributed by atoms with Gasteiger partial charge in [-0.05, 0) is 44.2 Å². The van der Waals surface area contributed by atoms with E-state index in [4.69, 9.17) is 16.3 Å². The normalized spacial score (nSPS) is 21.8. The number of amides is 1. The van der Waals surface area contributed by atoms with E-state index in [-0.39, 0.29) is 11.8 Å². The maximum Gasteiger partial charge on any atom is 0.229 e. The highest BCUT2D eigenvalue weighted by Gasteiger charge is 2.21. The van der Waals surface area contributed by atoms with Crippen LogP contribution < -0.4 is 16.0 Å². The number of rotatable bonds is 6. The highest BCUT2D eigenvalue weighted by Crippen LogP contribution is 2.28. The SMILES string of the molecule is O=C(Nc1cc(-c2cncc(NCC3CCCOC3)n2)c(Cl)cn1)C1CCCNC1. The summed E-state index contributed by atoms with van der Waals surface area (Å²) in [5.41, 5.74) is 1.31. The highest BCUT2D eigenvalue weighted by molar-refractivity contribution is 6.33. The van der Waals surface area contributed by atoms with Crippen LogP contribution in [0.5, 0.6) is 0 Å². The van der Waals surface area contributed by atoms with E-state index in [1.165, 1.54) is 6.20 Å². The average Bonchev–Trinajstić information content (AvgIpc) is 2.80. The van der Waals surface area contributed by atoms with Gasteiger partial charge in [-0.1, -0.05) is 11.6 Å². The van der Waals surface area contributed by atoms with Crippen LogP contribution in [-0.4, -0.2) is 53.7 Å². The molecule has 1 amide bonds. The fourth-order valence-electron chi connectivity index (χ4n) is 3.81. The molecule has 2 unspecified atom stereocenters. The highest BCUT2D eigenvalue weighted by atomic mass is 35.5. The van der Waals surface area contributed by atoms with Gasteiger partial charge in [-0.25, -0.2) is 9.97 Å². The number of hydrogen-bond acceptors (Lipinski definition) is 7. The minimum Gasteiger partial charge on any atom is -0.381 e. The molecule has 0 saturated carbocycles. The first kappa shape index (κ1) is 21.0. The van der Waals surface area contributed by atoms with E-state index in [2.05, 4.69) is 30.9 Å². The number of pyridine rings is 1. The first-order valence-electron chi connectivity index (χ1n) is 10.5. The number of ether oxygens (including phenoxy) is 1. The van der Waals surface area contributed by atoms with E-state index in [1.54, 1.807) is 18.5 Å². The quantitative estimate of drug-likeness (QED) is 0.647. The van der Waals surface area contributed by atoms with Gasteiger partial charge >= 0.3 is 0 Å². The van der Waals surface area contributed by atoms with Gasteiger partial charge in [0.15, 0.2) is 0 Å². The summed E-state index contributed by atoms with van der Waals surface area (Å²) >= 11 is 6.38. The lowest BCUT2D eigenvalue weighted by molar-refractivity contribution is -0.120. The number of aromatic nitrogens is 3. The van der Waals surface area contributed by atoms with Crippen molar-refractivity contribution in [1.29, 1.82) is 0 Å². The van der Waals surface area contributed by atoms with Crippen LogP contribution in [0.1, 0.15) is 25.7 Å². The standard InChI is InChI=1S/C21H27ClN6O2/c22-17-10-26-19(28-21(29)15-4-1-5-23-9-15)7-16(17)18-11-24-12-20(27-18)25-8-14-3-2-6-30-13-14/h7,10-12,14-15,23H,1-6,8-9,13H2,(H,25,27)(H,26,28,29). The lowest BCUT2D eigenvalue weighted by atomic mass is 9.99. The van der Waals surface area contributed by atoms with Crippen molar-refractivity contribution in [3.05, 3.63) is 29.7 Å². The Hall–Kier alpha value is -2.29. The van der Waals surface area contributed by atoms with E-state index < -0.39 is 0 Å². The first-order chi connectivity index (χ1) is 14.7. The summed E-state index contributed by atoms with van der Waals surface area (Å²) in [7, 11) is 0. The summed E-state index contributed by atoms with van der Waals surface area (Å²) in [6.45, 7) is 4.07. The third-order valence-corrected chi connectivity index (χ3v) is 5.81. The summed E-state index contributed by atoms with van der Waals surface area (Å²) in [6, 6.07) is 1.75. The predicted octanol–water partition coefficient (Wildman–Crippen LogP) is 2.97. The van der Waals surface area contributed by atoms with Crippen LogP contribution in [0.15, 0.2) is 24.7 Å². The summed E-state index contributed by atoms with van der Waals surface area (Å²) in [4.78, 5) is 25.7. The van der Waals surface area contributed by atoms with Gasteiger partial charge in [0, 0.05) is 31.5 Å². The fourth-order valence-corrected chi connectivity index (χ4v) is 4.01. The van der Waals surface area contributed by atoms with Gasteiger partial charge in [-0.2, -0.15) is 0 Å². The van der Waals surface area contributed by atoms with Crippen LogP contribution in [-0.2, 0) is 9.53 Å². The van der Waals surface area contributed by atoms with Crippen molar-refractivity contribution in [3.8, 4) is 11.3 Å². The van der Waals surface area contributed by atoms with Gasteiger partial charge in [-0.3, -0.25) is 9.78 Å². The maximum absolute atomic E-state index is 12.5. The second kappa shape index (κ2) is 10.1. The number of hydrogen-bond donors (Lipinski definition) is 3. The van der Waals surface area contributed by atoms with Crippen LogP contribution in [0.4, 0.5) is 11.6 Å². The number of carbonyl (C=O) groups is 1. The molecule has 8 nitrogen and oxygen atoms in total. The predicted molar refractivity (Wildman–Crippen MR) is 117 cm³/mol. The summed E-state index contributed by atoms with van der Waals surface area (Å²) < 4.78 is 5.53. The van der Waals surface area contributed by atoms with Gasteiger partial charge in [0.05, 0.1) is 35.6 Å². The van der Waals surface area contributed by atoms with Gasteiger partial charge in [-0.15, -0.1) is 0 Å². The molecule has 0 aliphatic carbocycles. The van der Waals surface area contributed by atoms with Crippen LogP contribution in [0.25, 0.3) is 11.3 Å². The molecule has 0 bridgehead atoms. The molecule has 2 aromatic rings. The van der Waals surface area contributed by atoms with Crippen LogP contribution in [0.2, 0.25) is 5.02 Å². The molecular formula is C21H27ClN6O2. The Morgan fingerprint density at radius 3 is 2.97 bits per heavy atom. The van der Waals surface area contributed by atoms with Gasteiger partial charge < -0.3 is 20.7 Å². The molecule has 2 fully saturated rings. The van der Waals surface area contributed by atoms with E-state index >= 15 is 0 Å². The molecule has 9 heteroatoms. The zero-order valence-electron chi connectivity index (χ0n) is 16.9. The average molecular weight is 431 g/mol. The topological polar surface area (TPSA) is 101 Å². The van der Waals surface area contributed by atoms with Crippen LogP contribution in [0, 0.1) is 11.8 Å². The van der Waals surface area contributed by atoms with Crippen molar-refractivity contribution in [1.82, 2.24) is 20.3 Å². The van der Waals surface area contributed by atoms with Crippen molar-refractivity contribution in [2.24, 2.45) is 11.8 Å². The van der Waals surface area contributed by atoms with Crippen molar-refractivity contribution >= 4 is 29.1 Å². The molecule has 2 aromatic heterocycles. The maximum atomic E-state index is 12.5. The van der Waals surface area contributed by atoms with Gasteiger partial charge in [0.1, 0.15) is 11.6 Å². The Kier molecular flexibility index (Phi) is 7.09. The lowest BCUT2D eigenvalue weighted by Gasteiger charge is -2.22. The second-order valence-electron chi connectivity index (χ2n) is 7.84. The zero-order chi connectivity index (χ0) is 20.8. The number of anilines is 2. The monoisotopic (exact) mass is 430 g/mol. The first-order valence-corrected chi connectivity index (χ1v) is 10.9. The molecule has 30 heavy (non-hydrogen) atoms. The molecule has 2 atom stereocenters. The fraction of sp³-hybridized carbons (Fsp3) is 0.524. The third-order valence-electron chi connectivity index (χ3n) is 5.51. The Morgan fingerprint density at radius 2 is 2.17 bits per heavy atom. The summed E-state index contributed by atoms with van der Waals surface area (Å²) in [5, 5.41) is 9.96. The lowest BCUT2D eigenvalue weighted by Crippen LogP contribution is -2.37. The third kappa shape index (κ3) is 5.44. The van der Waals surface area contributed by atoms with E-state index in [0.29, 0.717) is 40.4 Å². The Bertz CT molecular complexity index is 868. The molecule has 2 aliphatic heterocycles. The minimum atomic E-state index is -0.0456. The number of carbonyl (C=O) groups excluding carboxylic acids is 1. The van der Waals surface area contributed by atoms with Crippen molar-refractivity contribution < 1.29 is 9.53 Å². The van der Waals surface area contributed by atoms with Crippen LogP contribution >= 0.6 is 11.6 Å². The Morgan fingerprint density at radius 1 is 1.23 bits per heavy atom.